The Hall–Kier alpha value is -3.00. The molecule has 1 aliphatic carbocycles. The van der Waals surface area contributed by atoms with E-state index in [1.165, 1.54) is 0 Å². The van der Waals surface area contributed by atoms with Gasteiger partial charge in [-0.05, 0) is 68.4 Å². The molecular weight excluding hydrogens is 464 g/mol. The van der Waals surface area contributed by atoms with Crippen LogP contribution in [0.4, 0.5) is 4.79 Å². The number of alkyl carbamates (subject to hydrolysis) is 1. The molecule has 0 heterocycles. The largest absolute Gasteiger partial charge is 0.481 e. The molecule has 3 rings (SSSR count). The molecule has 0 saturated carbocycles. The van der Waals surface area contributed by atoms with Crippen molar-refractivity contribution < 1.29 is 24.2 Å². The zero-order valence-corrected chi connectivity index (χ0v) is 21.7. The number of aliphatic carboxylic acids is 1. The SMILES string of the molecule is CSCCC(NC(=O)OCC1c2ccccc2-c2ccccc21)C(=O)NC(C)(C)C(C)(C)C(=O)O. The van der Waals surface area contributed by atoms with E-state index in [9.17, 15) is 19.5 Å². The molecule has 1 unspecified atom stereocenters. The summed E-state index contributed by atoms with van der Waals surface area (Å²) < 4.78 is 5.60. The predicted octanol–water partition coefficient (Wildman–Crippen LogP) is 4.65. The van der Waals surface area contributed by atoms with E-state index >= 15 is 0 Å². The maximum Gasteiger partial charge on any atom is 0.407 e. The van der Waals surface area contributed by atoms with Gasteiger partial charge in [0.05, 0.1) is 11.0 Å². The standard InChI is InChI=1S/C27H34N2O5S/c1-26(2,24(31)32)27(3,4)29-23(30)22(14-15-35-5)28-25(33)34-16-21-19-12-8-6-10-17(19)18-11-7-9-13-20(18)21/h6-13,21-22H,14-16H2,1-5H3,(H,28,33)(H,29,30)(H,31,32). The lowest BCUT2D eigenvalue weighted by molar-refractivity contribution is -0.152. The van der Waals surface area contributed by atoms with Crippen LogP contribution in [-0.2, 0) is 14.3 Å². The number of thioether (sulfide) groups is 1. The van der Waals surface area contributed by atoms with Crippen molar-refractivity contribution in [3.8, 4) is 11.1 Å². The van der Waals surface area contributed by atoms with E-state index in [-0.39, 0.29) is 12.5 Å². The third-order valence-electron chi connectivity index (χ3n) is 7.10. The average molecular weight is 499 g/mol. The minimum atomic E-state index is -1.21. The van der Waals surface area contributed by atoms with Crippen LogP contribution in [0.3, 0.4) is 0 Å². The van der Waals surface area contributed by atoms with Crippen LogP contribution < -0.4 is 10.6 Å². The summed E-state index contributed by atoms with van der Waals surface area (Å²) in [5.74, 6) is -0.897. The van der Waals surface area contributed by atoms with Gasteiger partial charge in [-0.25, -0.2) is 4.79 Å². The molecule has 2 amide bonds. The fourth-order valence-corrected chi connectivity index (χ4v) is 4.58. The lowest BCUT2D eigenvalue weighted by atomic mass is 9.74. The molecule has 2 aromatic carbocycles. The van der Waals surface area contributed by atoms with E-state index < -0.39 is 35.0 Å². The van der Waals surface area contributed by atoms with E-state index in [0.29, 0.717) is 12.2 Å². The molecule has 0 spiro atoms. The van der Waals surface area contributed by atoms with Gasteiger partial charge in [0.2, 0.25) is 5.91 Å². The smallest absolute Gasteiger partial charge is 0.407 e. The summed E-state index contributed by atoms with van der Waals surface area (Å²) in [6, 6.07) is 15.3. The van der Waals surface area contributed by atoms with Crippen LogP contribution in [0.1, 0.15) is 51.2 Å². The molecular formula is C27H34N2O5S. The zero-order valence-electron chi connectivity index (χ0n) is 20.9. The van der Waals surface area contributed by atoms with Gasteiger partial charge in [0, 0.05) is 5.92 Å². The summed E-state index contributed by atoms with van der Waals surface area (Å²) in [5.41, 5.74) is 2.23. The van der Waals surface area contributed by atoms with Crippen LogP contribution in [0.15, 0.2) is 48.5 Å². The Balaban J connectivity index is 1.68. The molecule has 35 heavy (non-hydrogen) atoms. The normalized spacial score (nSPS) is 14.0. The highest BCUT2D eigenvalue weighted by Crippen LogP contribution is 2.44. The van der Waals surface area contributed by atoms with Gasteiger partial charge in [-0.2, -0.15) is 11.8 Å². The van der Waals surface area contributed by atoms with Crippen LogP contribution >= 0.6 is 11.8 Å². The number of hydrogen-bond donors (Lipinski definition) is 3. The number of fused-ring (bicyclic) bond motifs is 3. The average Bonchev–Trinajstić information content (AvgIpc) is 3.13. The van der Waals surface area contributed by atoms with Crippen molar-refractivity contribution in [1.29, 1.82) is 0 Å². The van der Waals surface area contributed by atoms with Gasteiger partial charge >= 0.3 is 12.1 Å². The summed E-state index contributed by atoms with van der Waals surface area (Å²) in [6.07, 6.45) is 1.63. The minimum absolute atomic E-state index is 0.0816. The topological polar surface area (TPSA) is 105 Å². The number of hydrogen-bond acceptors (Lipinski definition) is 5. The van der Waals surface area contributed by atoms with E-state index in [0.717, 1.165) is 22.3 Å². The molecule has 1 aliphatic rings. The van der Waals surface area contributed by atoms with E-state index in [2.05, 4.69) is 22.8 Å². The molecule has 0 bridgehead atoms. The Morgan fingerprint density at radius 3 is 2.06 bits per heavy atom. The molecule has 3 N–H and O–H groups in total. The Kier molecular flexibility index (Phi) is 8.15. The quantitative estimate of drug-likeness (QED) is 0.440. The molecule has 0 saturated heterocycles. The third-order valence-corrected chi connectivity index (χ3v) is 7.74. The Bertz CT molecular complexity index is 1050. The maximum atomic E-state index is 13.1. The van der Waals surface area contributed by atoms with E-state index in [4.69, 9.17) is 4.74 Å². The number of amides is 2. The highest BCUT2D eigenvalue weighted by molar-refractivity contribution is 7.98. The van der Waals surface area contributed by atoms with Gasteiger partial charge in [0.1, 0.15) is 12.6 Å². The fraction of sp³-hybridized carbons (Fsp3) is 0.444. The van der Waals surface area contributed by atoms with Gasteiger partial charge in [-0.15, -0.1) is 0 Å². The van der Waals surface area contributed by atoms with Gasteiger partial charge in [-0.1, -0.05) is 48.5 Å². The van der Waals surface area contributed by atoms with Crippen molar-refractivity contribution in [2.24, 2.45) is 5.41 Å². The number of carbonyl (C=O) groups is 3. The molecule has 188 valence electrons. The lowest BCUT2D eigenvalue weighted by Crippen LogP contribution is -2.60. The Morgan fingerprint density at radius 1 is 1.00 bits per heavy atom. The fourth-order valence-electron chi connectivity index (χ4n) is 4.11. The molecule has 0 fully saturated rings. The molecule has 2 aromatic rings. The zero-order chi connectivity index (χ0) is 25.8. The first-order chi connectivity index (χ1) is 16.5. The van der Waals surface area contributed by atoms with Gasteiger partial charge < -0.3 is 20.5 Å². The third kappa shape index (κ3) is 5.64. The van der Waals surface area contributed by atoms with Crippen molar-refractivity contribution in [1.82, 2.24) is 10.6 Å². The number of carboxylic acids is 1. The van der Waals surface area contributed by atoms with Crippen LogP contribution in [0.25, 0.3) is 11.1 Å². The number of benzene rings is 2. The summed E-state index contributed by atoms with van der Waals surface area (Å²) in [6.45, 7) is 6.60. The van der Waals surface area contributed by atoms with Crippen molar-refractivity contribution in [3.63, 3.8) is 0 Å². The summed E-state index contributed by atoms with van der Waals surface area (Å²) >= 11 is 1.55. The molecule has 0 radical (unpaired) electrons. The van der Waals surface area contributed by atoms with Gasteiger partial charge in [0.15, 0.2) is 0 Å². The predicted molar refractivity (Wildman–Crippen MR) is 139 cm³/mol. The first-order valence-corrected chi connectivity index (χ1v) is 13.0. The number of nitrogens with one attached hydrogen (secondary N) is 2. The number of carbonyl (C=O) groups excluding carboxylic acids is 2. The summed E-state index contributed by atoms with van der Waals surface area (Å²) in [7, 11) is 0. The monoisotopic (exact) mass is 498 g/mol. The molecule has 0 aromatic heterocycles. The van der Waals surface area contributed by atoms with E-state index in [1.54, 1.807) is 39.5 Å². The highest BCUT2D eigenvalue weighted by Gasteiger charge is 2.45. The molecule has 7 nitrogen and oxygen atoms in total. The first-order valence-electron chi connectivity index (χ1n) is 11.7. The highest BCUT2D eigenvalue weighted by atomic mass is 32.2. The number of rotatable bonds is 10. The minimum Gasteiger partial charge on any atom is -0.481 e. The summed E-state index contributed by atoms with van der Waals surface area (Å²) in [4.78, 5) is 37.5. The van der Waals surface area contributed by atoms with Gasteiger partial charge in [0.25, 0.3) is 0 Å². The second-order valence-corrected chi connectivity index (χ2v) is 10.8. The second kappa shape index (κ2) is 10.7. The molecule has 1 atom stereocenters. The second-order valence-electron chi connectivity index (χ2n) is 9.85. The molecule has 8 heteroatoms. The van der Waals surface area contributed by atoms with Crippen molar-refractivity contribution in [2.75, 3.05) is 18.6 Å². The lowest BCUT2D eigenvalue weighted by Gasteiger charge is -2.39. The number of carboxylic acid groups (broad SMARTS) is 1. The van der Waals surface area contributed by atoms with Crippen LogP contribution in [0.2, 0.25) is 0 Å². The summed E-state index contributed by atoms with van der Waals surface area (Å²) in [5, 5.41) is 15.1. The maximum absolute atomic E-state index is 13.1. The van der Waals surface area contributed by atoms with Crippen molar-refractivity contribution in [2.45, 2.75) is 51.6 Å². The van der Waals surface area contributed by atoms with Gasteiger partial charge in [-0.3, -0.25) is 9.59 Å². The van der Waals surface area contributed by atoms with Crippen LogP contribution in [-0.4, -0.2) is 53.3 Å². The molecule has 0 aliphatic heterocycles. The van der Waals surface area contributed by atoms with Crippen molar-refractivity contribution >= 4 is 29.7 Å². The van der Waals surface area contributed by atoms with Crippen LogP contribution in [0.5, 0.6) is 0 Å². The van der Waals surface area contributed by atoms with E-state index in [1.807, 2.05) is 42.7 Å². The first kappa shape index (κ1) is 26.6. The Morgan fingerprint density at radius 2 is 1.54 bits per heavy atom. The van der Waals surface area contributed by atoms with Crippen molar-refractivity contribution in [3.05, 3.63) is 59.7 Å². The number of ether oxygens (including phenoxy) is 1. The van der Waals surface area contributed by atoms with Crippen LogP contribution in [0, 0.1) is 5.41 Å². The Labute approximate surface area is 211 Å².